The quantitative estimate of drug-likeness (QED) is 0.926. The van der Waals surface area contributed by atoms with Gasteiger partial charge in [0.15, 0.2) is 0 Å². The van der Waals surface area contributed by atoms with Gasteiger partial charge in [-0.2, -0.15) is 11.3 Å². The summed E-state index contributed by atoms with van der Waals surface area (Å²) in [6.07, 6.45) is 5.46. The van der Waals surface area contributed by atoms with Crippen molar-refractivity contribution >= 4 is 17.2 Å². The maximum absolute atomic E-state index is 12.2. The van der Waals surface area contributed by atoms with E-state index in [2.05, 4.69) is 10.2 Å². The summed E-state index contributed by atoms with van der Waals surface area (Å²) >= 11 is 1.57. The predicted molar refractivity (Wildman–Crippen MR) is 87.2 cm³/mol. The molecule has 2 atom stereocenters. The average molecular weight is 320 g/mol. The van der Waals surface area contributed by atoms with Crippen LogP contribution >= 0.6 is 11.3 Å². The molecule has 3 heterocycles. The van der Waals surface area contributed by atoms with Crippen LogP contribution in [0.1, 0.15) is 36.0 Å². The van der Waals surface area contributed by atoms with E-state index in [0.717, 1.165) is 44.5 Å². The first kappa shape index (κ1) is 14.7. The molecule has 1 aliphatic carbocycles. The third-order valence-electron chi connectivity index (χ3n) is 5.77. The number of hydrogen-bond acceptors (Lipinski definition) is 4. The average Bonchev–Trinajstić information content (AvgIpc) is 3.27. The van der Waals surface area contributed by atoms with Crippen LogP contribution in [-0.4, -0.2) is 49.7 Å². The van der Waals surface area contributed by atoms with Gasteiger partial charge in [-0.3, -0.25) is 9.69 Å². The van der Waals surface area contributed by atoms with Gasteiger partial charge in [-0.1, -0.05) is 12.8 Å². The number of carbonyl (C=O) groups excluding carboxylic acids is 1. The minimum absolute atomic E-state index is 0.0561. The molecule has 0 spiro atoms. The minimum atomic E-state index is 0.0561. The molecule has 1 N–H and O–H groups in total. The molecule has 1 aromatic rings. The Hall–Kier alpha value is -0.910. The Balaban J connectivity index is 1.41. The maximum Gasteiger partial charge on any atom is 0.252 e. The van der Waals surface area contributed by atoms with Gasteiger partial charge in [0, 0.05) is 48.0 Å². The van der Waals surface area contributed by atoms with Crippen LogP contribution < -0.4 is 5.32 Å². The number of nitrogens with zero attached hydrogens (tertiary/aromatic N) is 1. The van der Waals surface area contributed by atoms with Crippen LogP contribution in [0.5, 0.6) is 0 Å². The van der Waals surface area contributed by atoms with Crippen molar-refractivity contribution in [3.8, 4) is 0 Å². The highest BCUT2D eigenvalue weighted by Crippen LogP contribution is 2.43. The minimum Gasteiger partial charge on any atom is -0.380 e. The zero-order valence-corrected chi connectivity index (χ0v) is 13.7. The fourth-order valence-electron chi connectivity index (χ4n) is 4.42. The predicted octanol–water partition coefficient (Wildman–Crippen LogP) is 2.37. The third-order valence-corrected chi connectivity index (χ3v) is 6.46. The highest BCUT2D eigenvalue weighted by Gasteiger charge is 2.51. The van der Waals surface area contributed by atoms with Gasteiger partial charge in [0.25, 0.3) is 5.91 Å². The van der Waals surface area contributed by atoms with Crippen LogP contribution in [0.3, 0.4) is 0 Å². The van der Waals surface area contributed by atoms with Crippen LogP contribution in [-0.2, 0) is 4.74 Å². The zero-order chi connectivity index (χ0) is 15.0. The lowest BCUT2D eigenvalue weighted by atomic mass is 9.81. The van der Waals surface area contributed by atoms with E-state index in [-0.39, 0.29) is 11.3 Å². The second-order valence-corrected chi connectivity index (χ2v) is 7.92. The molecule has 2 aliphatic heterocycles. The van der Waals surface area contributed by atoms with E-state index in [9.17, 15) is 4.79 Å². The number of carbonyl (C=O) groups is 1. The van der Waals surface area contributed by atoms with Crippen molar-refractivity contribution in [1.82, 2.24) is 10.2 Å². The smallest absolute Gasteiger partial charge is 0.252 e. The highest BCUT2D eigenvalue weighted by atomic mass is 32.1. The summed E-state index contributed by atoms with van der Waals surface area (Å²) in [5.74, 6) is 0.636. The number of hydrogen-bond donors (Lipinski definition) is 1. The van der Waals surface area contributed by atoms with Crippen LogP contribution in [0.15, 0.2) is 16.8 Å². The summed E-state index contributed by atoms with van der Waals surface area (Å²) in [4.78, 5) is 14.9. The van der Waals surface area contributed by atoms with Crippen LogP contribution in [0.4, 0.5) is 0 Å². The second-order valence-electron chi connectivity index (χ2n) is 7.14. The van der Waals surface area contributed by atoms with Crippen molar-refractivity contribution in [3.63, 3.8) is 0 Å². The SMILES string of the molecule is O=C(NC[C@@]12COC[C@@H]1CN(C1CCCC1)C2)c1ccsc1. The number of fused-ring (bicyclic) bond motifs is 1. The fourth-order valence-corrected chi connectivity index (χ4v) is 5.06. The molecular formula is C17H24N2O2S. The molecule has 1 saturated carbocycles. The molecule has 4 rings (SSSR count). The van der Waals surface area contributed by atoms with Crippen molar-refractivity contribution in [2.24, 2.45) is 11.3 Å². The van der Waals surface area contributed by atoms with Gasteiger partial charge in [-0.15, -0.1) is 0 Å². The summed E-state index contributed by atoms with van der Waals surface area (Å²) in [6, 6.07) is 2.66. The Morgan fingerprint density at radius 3 is 3.09 bits per heavy atom. The molecule has 0 aromatic carbocycles. The molecule has 22 heavy (non-hydrogen) atoms. The molecule has 4 nitrogen and oxygen atoms in total. The molecule has 2 saturated heterocycles. The van der Waals surface area contributed by atoms with Gasteiger partial charge < -0.3 is 10.1 Å². The van der Waals surface area contributed by atoms with Crippen molar-refractivity contribution in [3.05, 3.63) is 22.4 Å². The molecule has 5 heteroatoms. The lowest BCUT2D eigenvalue weighted by molar-refractivity contribution is 0.0893. The van der Waals surface area contributed by atoms with E-state index in [4.69, 9.17) is 4.74 Å². The molecule has 3 aliphatic rings. The summed E-state index contributed by atoms with van der Waals surface area (Å²) in [5, 5.41) is 7.02. The number of amides is 1. The molecule has 3 fully saturated rings. The van der Waals surface area contributed by atoms with Crippen molar-refractivity contribution in [1.29, 1.82) is 0 Å². The maximum atomic E-state index is 12.2. The van der Waals surface area contributed by atoms with E-state index in [1.165, 1.54) is 25.7 Å². The first-order chi connectivity index (χ1) is 10.8. The number of thiophene rings is 1. The Bertz CT molecular complexity index is 527. The summed E-state index contributed by atoms with van der Waals surface area (Å²) in [6.45, 7) is 4.64. The van der Waals surface area contributed by atoms with Crippen LogP contribution in [0, 0.1) is 11.3 Å². The normalized spacial score (nSPS) is 32.5. The van der Waals surface area contributed by atoms with Gasteiger partial charge in [0.05, 0.1) is 13.2 Å². The second kappa shape index (κ2) is 5.95. The van der Waals surface area contributed by atoms with E-state index in [1.54, 1.807) is 11.3 Å². The number of ether oxygens (including phenoxy) is 1. The van der Waals surface area contributed by atoms with Crippen LogP contribution in [0.25, 0.3) is 0 Å². The summed E-state index contributed by atoms with van der Waals surface area (Å²) < 4.78 is 5.77. The molecule has 1 amide bonds. The van der Waals surface area contributed by atoms with Gasteiger partial charge >= 0.3 is 0 Å². The summed E-state index contributed by atoms with van der Waals surface area (Å²) in [5.41, 5.74) is 0.913. The Kier molecular flexibility index (Phi) is 3.96. The lowest BCUT2D eigenvalue weighted by Crippen LogP contribution is -2.43. The van der Waals surface area contributed by atoms with E-state index >= 15 is 0 Å². The lowest BCUT2D eigenvalue weighted by Gasteiger charge is -2.29. The van der Waals surface area contributed by atoms with E-state index < -0.39 is 0 Å². The Morgan fingerprint density at radius 2 is 2.32 bits per heavy atom. The first-order valence-electron chi connectivity index (χ1n) is 8.39. The standard InChI is InChI=1S/C17H24N2O2S/c20-16(13-5-6-22-9-13)18-10-17-11-19(15-3-1-2-4-15)7-14(17)8-21-12-17/h5-6,9,14-15H,1-4,7-8,10-12H2,(H,18,20)/t14-,17+/m0/s1. The van der Waals surface area contributed by atoms with Crippen LogP contribution in [0.2, 0.25) is 0 Å². The molecule has 0 bridgehead atoms. The third kappa shape index (κ3) is 2.59. The zero-order valence-electron chi connectivity index (χ0n) is 12.9. The largest absolute Gasteiger partial charge is 0.380 e. The molecule has 0 unspecified atom stereocenters. The topological polar surface area (TPSA) is 41.6 Å². The van der Waals surface area contributed by atoms with Gasteiger partial charge in [0.1, 0.15) is 0 Å². The van der Waals surface area contributed by atoms with Gasteiger partial charge in [0.2, 0.25) is 0 Å². The number of nitrogens with one attached hydrogen (secondary N) is 1. The number of rotatable bonds is 4. The van der Waals surface area contributed by atoms with E-state index in [1.807, 2.05) is 16.8 Å². The highest BCUT2D eigenvalue weighted by molar-refractivity contribution is 7.08. The Labute approximate surface area is 135 Å². The summed E-state index contributed by atoms with van der Waals surface area (Å²) in [7, 11) is 0. The number of likely N-dealkylation sites (tertiary alicyclic amines) is 1. The monoisotopic (exact) mass is 320 g/mol. The Morgan fingerprint density at radius 1 is 1.45 bits per heavy atom. The van der Waals surface area contributed by atoms with Gasteiger partial charge in [-0.05, 0) is 24.3 Å². The van der Waals surface area contributed by atoms with Crippen molar-refractivity contribution in [2.45, 2.75) is 31.7 Å². The molecule has 120 valence electrons. The molecule has 0 radical (unpaired) electrons. The van der Waals surface area contributed by atoms with E-state index in [0.29, 0.717) is 5.92 Å². The van der Waals surface area contributed by atoms with Crippen molar-refractivity contribution < 1.29 is 9.53 Å². The molecule has 1 aromatic heterocycles. The first-order valence-corrected chi connectivity index (χ1v) is 9.33. The van der Waals surface area contributed by atoms with Gasteiger partial charge in [-0.25, -0.2) is 0 Å². The molecular weight excluding hydrogens is 296 g/mol. The van der Waals surface area contributed by atoms with Crippen molar-refractivity contribution in [2.75, 3.05) is 32.8 Å². The fraction of sp³-hybridized carbons (Fsp3) is 0.706.